The van der Waals surface area contributed by atoms with Crippen molar-refractivity contribution >= 4 is 28.6 Å². The molecule has 0 aliphatic carbocycles. The molecule has 0 unspecified atom stereocenters. The molecule has 126 valence electrons. The van der Waals surface area contributed by atoms with Crippen molar-refractivity contribution in [2.45, 2.75) is 13.8 Å². The number of fused-ring (bicyclic) bond motifs is 1. The number of hydrogen-bond acceptors (Lipinski definition) is 4. The highest BCUT2D eigenvalue weighted by Crippen LogP contribution is 2.33. The first-order valence-electron chi connectivity index (χ1n) is 7.52. The van der Waals surface area contributed by atoms with Crippen molar-refractivity contribution in [3.8, 4) is 11.3 Å². The first kappa shape index (κ1) is 16.4. The molecule has 0 radical (unpaired) electrons. The van der Waals surface area contributed by atoms with Gasteiger partial charge in [-0.25, -0.2) is 14.8 Å². The SMILES string of the molecule is C=C(C)C(=O)Nc1cccc(-c2ncnc3[nH]cc(C(=O)O)c23)c1C. The van der Waals surface area contributed by atoms with Crippen LogP contribution in [-0.2, 0) is 4.79 Å². The molecule has 0 atom stereocenters. The molecular weight excluding hydrogens is 320 g/mol. The van der Waals surface area contributed by atoms with Crippen LogP contribution in [0, 0.1) is 6.92 Å². The van der Waals surface area contributed by atoms with Crippen molar-refractivity contribution in [2.75, 3.05) is 5.32 Å². The minimum Gasteiger partial charge on any atom is -0.478 e. The van der Waals surface area contributed by atoms with Crippen LogP contribution in [0.5, 0.6) is 0 Å². The number of anilines is 1. The first-order chi connectivity index (χ1) is 11.9. The number of hydrogen-bond donors (Lipinski definition) is 3. The van der Waals surface area contributed by atoms with Crippen molar-refractivity contribution in [1.82, 2.24) is 15.0 Å². The molecule has 0 spiro atoms. The molecule has 0 fully saturated rings. The summed E-state index contributed by atoms with van der Waals surface area (Å²) in [6.45, 7) is 7.09. The monoisotopic (exact) mass is 336 g/mol. The Kier molecular flexibility index (Phi) is 4.06. The average molecular weight is 336 g/mol. The third kappa shape index (κ3) is 2.87. The summed E-state index contributed by atoms with van der Waals surface area (Å²) in [5, 5.41) is 12.6. The van der Waals surface area contributed by atoms with Gasteiger partial charge in [0.1, 0.15) is 12.0 Å². The fraction of sp³-hybridized carbons (Fsp3) is 0.111. The molecule has 2 heterocycles. The molecule has 25 heavy (non-hydrogen) atoms. The van der Waals surface area contributed by atoms with E-state index in [1.807, 2.05) is 13.0 Å². The second-order valence-corrected chi connectivity index (χ2v) is 5.67. The highest BCUT2D eigenvalue weighted by molar-refractivity contribution is 6.08. The Bertz CT molecular complexity index is 1020. The topological polar surface area (TPSA) is 108 Å². The highest BCUT2D eigenvalue weighted by Gasteiger charge is 2.19. The Morgan fingerprint density at radius 1 is 1.28 bits per heavy atom. The van der Waals surface area contributed by atoms with E-state index < -0.39 is 5.97 Å². The van der Waals surface area contributed by atoms with Gasteiger partial charge in [0.2, 0.25) is 0 Å². The minimum atomic E-state index is -1.06. The Morgan fingerprint density at radius 3 is 2.72 bits per heavy atom. The lowest BCUT2D eigenvalue weighted by atomic mass is 10.00. The molecular formula is C18H16N4O3. The van der Waals surface area contributed by atoms with Crippen LogP contribution in [0.2, 0.25) is 0 Å². The van der Waals surface area contributed by atoms with E-state index >= 15 is 0 Å². The van der Waals surface area contributed by atoms with Crippen molar-refractivity contribution in [3.63, 3.8) is 0 Å². The number of amides is 1. The zero-order valence-electron chi connectivity index (χ0n) is 13.8. The summed E-state index contributed by atoms with van der Waals surface area (Å²) in [4.78, 5) is 34.6. The van der Waals surface area contributed by atoms with Gasteiger partial charge in [0, 0.05) is 23.0 Å². The van der Waals surface area contributed by atoms with Crippen molar-refractivity contribution in [1.29, 1.82) is 0 Å². The predicted molar refractivity (Wildman–Crippen MR) is 94.5 cm³/mol. The number of nitrogens with zero attached hydrogens (tertiary/aromatic N) is 2. The van der Waals surface area contributed by atoms with Crippen LogP contribution < -0.4 is 5.32 Å². The lowest BCUT2D eigenvalue weighted by molar-refractivity contribution is -0.112. The fourth-order valence-corrected chi connectivity index (χ4v) is 2.59. The van der Waals surface area contributed by atoms with Gasteiger partial charge in [-0.05, 0) is 25.5 Å². The molecule has 0 aliphatic heterocycles. The van der Waals surface area contributed by atoms with E-state index in [1.165, 1.54) is 12.5 Å². The number of benzene rings is 1. The van der Waals surface area contributed by atoms with Gasteiger partial charge in [-0.15, -0.1) is 0 Å². The number of carboxylic acid groups (broad SMARTS) is 1. The summed E-state index contributed by atoms with van der Waals surface area (Å²) >= 11 is 0. The highest BCUT2D eigenvalue weighted by atomic mass is 16.4. The Balaban J connectivity index is 2.19. The van der Waals surface area contributed by atoms with Crippen molar-refractivity contribution in [3.05, 3.63) is 54.0 Å². The Morgan fingerprint density at radius 2 is 2.04 bits per heavy atom. The smallest absolute Gasteiger partial charge is 0.338 e. The van der Waals surface area contributed by atoms with Crippen LogP contribution in [0.1, 0.15) is 22.8 Å². The number of carbonyl (C=O) groups excluding carboxylic acids is 1. The van der Waals surface area contributed by atoms with Crippen LogP contribution in [-0.4, -0.2) is 31.9 Å². The molecule has 7 heteroatoms. The van der Waals surface area contributed by atoms with Gasteiger partial charge in [-0.1, -0.05) is 18.7 Å². The molecule has 3 aromatic rings. The zero-order valence-corrected chi connectivity index (χ0v) is 13.8. The quantitative estimate of drug-likeness (QED) is 0.634. The number of carbonyl (C=O) groups is 2. The van der Waals surface area contributed by atoms with Gasteiger partial charge in [0.25, 0.3) is 5.91 Å². The van der Waals surface area contributed by atoms with Crippen LogP contribution in [0.3, 0.4) is 0 Å². The average Bonchev–Trinajstić information content (AvgIpc) is 3.01. The normalized spacial score (nSPS) is 10.6. The molecule has 2 aromatic heterocycles. The van der Waals surface area contributed by atoms with Gasteiger partial charge in [0.15, 0.2) is 0 Å². The number of H-pyrrole nitrogens is 1. The van der Waals surface area contributed by atoms with Gasteiger partial charge < -0.3 is 15.4 Å². The Labute approximate surface area is 143 Å². The molecule has 0 bridgehead atoms. The fourth-order valence-electron chi connectivity index (χ4n) is 2.59. The third-order valence-corrected chi connectivity index (χ3v) is 3.92. The van der Waals surface area contributed by atoms with Gasteiger partial charge >= 0.3 is 5.97 Å². The standard InChI is InChI=1S/C18H16N4O3/c1-9(2)17(23)22-13-6-4-5-11(10(13)3)15-14-12(18(24)25)7-19-16(14)21-8-20-15/h4-8H,1H2,2-3H3,(H,22,23)(H,24,25)(H,19,20,21). The van der Waals surface area contributed by atoms with E-state index in [2.05, 4.69) is 26.8 Å². The minimum absolute atomic E-state index is 0.0985. The van der Waals surface area contributed by atoms with E-state index in [9.17, 15) is 14.7 Å². The molecule has 1 aromatic carbocycles. The van der Waals surface area contributed by atoms with Crippen LogP contribution in [0.15, 0.2) is 42.9 Å². The van der Waals surface area contributed by atoms with E-state index in [0.717, 1.165) is 5.56 Å². The van der Waals surface area contributed by atoms with E-state index in [1.54, 1.807) is 19.1 Å². The molecule has 7 nitrogen and oxygen atoms in total. The van der Waals surface area contributed by atoms with Crippen LogP contribution in [0.25, 0.3) is 22.3 Å². The van der Waals surface area contributed by atoms with Gasteiger partial charge in [-0.3, -0.25) is 4.79 Å². The number of aromatic amines is 1. The summed E-state index contributed by atoms with van der Waals surface area (Å²) in [5.41, 5.74) is 3.54. The van der Waals surface area contributed by atoms with Gasteiger partial charge in [-0.2, -0.15) is 0 Å². The second kappa shape index (κ2) is 6.20. The number of aromatic nitrogens is 3. The van der Waals surface area contributed by atoms with Crippen LogP contribution in [0.4, 0.5) is 5.69 Å². The Hall–Kier alpha value is -3.48. The first-order valence-corrected chi connectivity index (χ1v) is 7.52. The van der Waals surface area contributed by atoms with Crippen molar-refractivity contribution in [2.24, 2.45) is 0 Å². The van der Waals surface area contributed by atoms with E-state index in [0.29, 0.717) is 33.6 Å². The number of carboxylic acids is 1. The van der Waals surface area contributed by atoms with Crippen LogP contribution >= 0.6 is 0 Å². The maximum absolute atomic E-state index is 11.9. The molecule has 3 rings (SSSR count). The third-order valence-electron chi connectivity index (χ3n) is 3.92. The second-order valence-electron chi connectivity index (χ2n) is 5.67. The number of rotatable bonds is 4. The maximum atomic E-state index is 11.9. The molecule has 0 aliphatic rings. The molecule has 3 N–H and O–H groups in total. The summed E-state index contributed by atoms with van der Waals surface area (Å²) in [7, 11) is 0. The largest absolute Gasteiger partial charge is 0.478 e. The summed E-state index contributed by atoms with van der Waals surface area (Å²) in [6, 6.07) is 5.37. The maximum Gasteiger partial charge on any atom is 0.338 e. The summed E-state index contributed by atoms with van der Waals surface area (Å²) < 4.78 is 0. The predicted octanol–water partition coefficient (Wildman–Crippen LogP) is 3.15. The lowest BCUT2D eigenvalue weighted by Gasteiger charge is -2.13. The van der Waals surface area contributed by atoms with Gasteiger partial charge in [0.05, 0.1) is 16.6 Å². The number of nitrogens with one attached hydrogen (secondary N) is 2. The van der Waals surface area contributed by atoms with E-state index in [4.69, 9.17) is 0 Å². The molecule has 0 saturated heterocycles. The zero-order chi connectivity index (χ0) is 18.1. The summed E-state index contributed by atoms with van der Waals surface area (Å²) in [5.74, 6) is -1.34. The van der Waals surface area contributed by atoms with E-state index in [-0.39, 0.29) is 11.5 Å². The van der Waals surface area contributed by atoms with Crippen molar-refractivity contribution < 1.29 is 14.7 Å². The lowest BCUT2D eigenvalue weighted by Crippen LogP contribution is -2.13. The summed E-state index contributed by atoms with van der Waals surface area (Å²) in [6.07, 6.45) is 2.77. The molecule has 0 saturated carbocycles. The molecule has 1 amide bonds. The number of aromatic carboxylic acids is 1.